The molecule has 1 aromatic rings. The normalized spacial score (nSPS) is 14.3. The molecule has 1 atom stereocenters. The summed E-state index contributed by atoms with van der Waals surface area (Å²) >= 11 is -1.33. The molecule has 124 valence electrons. The monoisotopic (exact) mass is 335 g/mol. The van der Waals surface area contributed by atoms with E-state index in [2.05, 4.69) is 4.40 Å². The van der Waals surface area contributed by atoms with Crippen molar-refractivity contribution in [2.75, 3.05) is 6.61 Å². The number of hydrogen-bond donors (Lipinski definition) is 0. The zero-order chi connectivity index (χ0) is 16.8. The molecule has 22 heavy (non-hydrogen) atoms. The van der Waals surface area contributed by atoms with Crippen LogP contribution in [-0.2, 0) is 11.4 Å². The molecule has 0 saturated carbocycles. The number of benzene rings is 1. The summed E-state index contributed by atoms with van der Waals surface area (Å²) in [5, 5.41) is 0. The van der Waals surface area contributed by atoms with Crippen LogP contribution in [0.5, 0.6) is 5.75 Å². The van der Waals surface area contributed by atoms with E-state index in [1.165, 1.54) is 6.21 Å². The highest BCUT2D eigenvalue weighted by Crippen LogP contribution is 2.22. The lowest BCUT2D eigenvalue weighted by atomic mass is 10.2. The highest BCUT2D eigenvalue weighted by molar-refractivity contribution is 7.91. The SMILES string of the molecule is CC(C)(C)[S+]([O-])/N=C/c1ccc(OCCCC(F)(F)F)cc1. The highest BCUT2D eigenvalue weighted by Gasteiger charge is 2.26. The van der Waals surface area contributed by atoms with E-state index in [4.69, 9.17) is 4.74 Å². The molecule has 0 aliphatic carbocycles. The van der Waals surface area contributed by atoms with Crippen molar-refractivity contribution in [2.24, 2.45) is 4.40 Å². The van der Waals surface area contributed by atoms with Crippen LogP contribution in [0.25, 0.3) is 0 Å². The number of halogens is 3. The lowest BCUT2D eigenvalue weighted by molar-refractivity contribution is -0.136. The summed E-state index contributed by atoms with van der Waals surface area (Å²) in [5.74, 6) is 0.497. The van der Waals surface area contributed by atoms with Gasteiger partial charge in [0, 0.05) is 6.42 Å². The first kappa shape index (κ1) is 18.8. The summed E-state index contributed by atoms with van der Waals surface area (Å²) in [5.41, 5.74) is 0.750. The number of hydrogen-bond acceptors (Lipinski definition) is 3. The maximum atomic E-state index is 12.0. The third-order valence-corrected chi connectivity index (χ3v) is 3.92. The number of ether oxygens (including phenoxy) is 1. The standard InChI is InChI=1S/C15H20F3NO2S/c1-14(2,3)22(20)19-11-12-5-7-13(8-6-12)21-10-4-9-15(16,17)18/h5-8,11H,4,9-10H2,1-3H3/b19-11+. The summed E-state index contributed by atoms with van der Waals surface area (Å²) in [6.07, 6.45) is -3.56. The molecular weight excluding hydrogens is 315 g/mol. The van der Waals surface area contributed by atoms with Crippen molar-refractivity contribution < 1.29 is 22.5 Å². The van der Waals surface area contributed by atoms with E-state index in [9.17, 15) is 17.7 Å². The lowest BCUT2D eigenvalue weighted by Gasteiger charge is -2.17. The van der Waals surface area contributed by atoms with Gasteiger partial charge in [0.2, 0.25) is 0 Å². The molecule has 0 aliphatic rings. The first-order chi connectivity index (χ1) is 10.1. The second-order valence-corrected chi connectivity index (χ2v) is 7.67. The predicted molar refractivity (Wildman–Crippen MR) is 82.7 cm³/mol. The molecule has 1 aromatic carbocycles. The fourth-order valence-corrected chi connectivity index (χ4v) is 1.91. The molecule has 0 spiro atoms. The van der Waals surface area contributed by atoms with Crippen molar-refractivity contribution in [1.82, 2.24) is 0 Å². The van der Waals surface area contributed by atoms with Crippen LogP contribution in [0.1, 0.15) is 39.2 Å². The van der Waals surface area contributed by atoms with E-state index in [0.29, 0.717) is 5.75 Å². The molecule has 0 saturated heterocycles. The third-order valence-electron chi connectivity index (χ3n) is 2.57. The second kappa shape index (κ2) is 7.87. The Morgan fingerprint density at radius 3 is 2.27 bits per heavy atom. The number of alkyl halides is 3. The van der Waals surface area contributed by atoms with E-state index in [1.54, 1.807) is 24.3 Å². The van der Waals surface area contributed by atoms with Crippen molar-refractivity contribution in [3.8, 4) is 5.75 Å². The van der Waals surface area contributed by atoms with Gasteiger partial charge in [0.25, 0.3) is 0 Å². The van der Waals surface area contributed by atoms with Crippen molar-refractivity contribution in [1.29, 1.82) is 0 Å². The highest BCUT2D eigenvalue weighted by atomic mass is 32.2. The second-order valence-electron chi connectivity index (χ2n) is 5.73. The van der Waals surface area contributed by atoms with Gasteiger partial charge in [-0.2, -0.15) is 13.2 Å². The Labute approximate surface area is 131 Å². The van der Waals surface area contributed by atoms with Gasteiger partial charge in [-0.15, -0.1) is 0 Å². The molecule has 0 aromatic heterocycles. The molecule has 0 bridgehead atoms. The first-order valence-corrected chi connectivity index (χ1v) is 7.94. The predicted octanol–water partition coefficient (Wildman–Crippen LogP) is 4.29. The lowest BCUT2D eigenvalue weighted by Crippen LogP contribution is -2.25. The largest absolute Gasteiger partial charge is 0.591 e. The molecule has 0 heterocycles. The Morgan fingerprint density at radius 1 is 1.18 bits per heavy atom. The average molecular weight is 335 g/mol. The minimum absolute atomic E-state index is 0.0149. The third kappa shape index (κ3) is 7.70. The maximum Gasteiger partial charge on any atom is 0.389 e. The maximum absolute atomic E-state index is 12.0. The van der Waals surface area contributed by atoms with Crippen LogP contribution >= 0.6 is 0 Å². The zero-order valence-electron chi connectivity index (χ0n) is 12.8. The summed E-state index contributed by atoms with van der Waals surface area (Å²) in [6.45, 7) is 5.51. The van der Waals surface area contributed by atoms with Gasteiger partial charge in [0.15, 0.2) is 0 Å². The van der Waals surface area contributed by atoms with Crippen LogP contribution in [0, 0.1) is 0 Å². The molecule has 1 rings (SSSR count). The molecular formula is C15H20F3NO2S. The molecule has 0 amide bonds. The Kier molecular flexibility index (Phi) is 6.74. The van der Waals surface area contributed by atoms with E-state index < -0.39 is 28.7 Å². The summed E-state index contributed by atoms with van der Waals surface area (Å²) in [6, 6.07) is 6.72. The van der Waals surface area contributed by atoms with E-state index in [0.717, 1.165) is 5.56 Å². The van der Waals surface area contributed by atoms with Gasteiger partial charge in [-0.25, -0.2) is 0 Å². The van der Waals surface area contributed by atoms with Gasteiger partial charge in [0.1, 0.15) is 21.9 Å². The summed E-state index contributed by atoms with van der Waals surface area (Å²) < 4.78 is 56.5. The first-order valence-electron chi connectivity index (χ1n) is 6.83. The van der Waals surface area contributed by atoms with Crippen LogP contribution in [0.2, 0.25) is 0 Å². The minimum atomic E-state index is -4.15. The van der Waals surface area contributed by atoms with Gasteiger partial charge >= 0.3 is 6.18 Å². The van der Waals surface area contributed by atoms with Crippen LogP contribution in [0.15, 0.2) is 28.7 Å². The molecule has 0 aliphatic heterocycles. The van der Waals surface area contributed by atoms with Crippen molar-refractivity contribution in [2.45, 2.75) is 44.5 Å². The molecule has 7 heteroatoms. The van der Waals surface area contributed by atoms with Crippen LogP contribution in [0.3, 0.4) is 0 Å². The van der Waals surface area contributed by atoms with Gasteiger partial charge < -0.3 is 9.29 Å². The topological polar surface area (TPSA) is 44.7 Å². The molecule has 0 radical (unpaired) electrons. The minimum Gasteiger partial charge on any atom is -0.591 e. The molecule has 0 N–H and O–H groups in total. The Balaban J connectivity index is 2.45. The van der Waals surface area contributed by atoms with Crippen LogP contribution < -0.4 is 4.74 Å². The van der Waals surface area contributed by atoms with Gasteiger partial charge in [-0.1, -0.05) is 4.40 Å². The Hall–Kier alpha value is -1.21. The fourth-order valence-electron chi connectivity index (χ4n) is 1.38. The van der Waals surface area contributed by atoms with Crippen LogP contribution in [0.4, 0.5) is 13.2 Å². The van der Waals surface area contributed by atoms with Crippen molar-refractivity contribution in [3.05, 3.63) is 29.8 Å². The Bertz CT molecular complexity index is 481. The van der Waals surface area contributed by atoms with E-state index in [-0.39, 0.29) is 13.0 Å². The van der Waals surface area contributed by atoms with Crippen molar-refractivity contribution >= 4 is 17.6 Å². The molecule has 0 fully saturated rings. The van der Waals surface area contributed by atoms with Gasteiger partial charge in [-0.3, -0.25) is 0 Å². The molecule has 3 nitrogen and oxygen atoms in total. The van der Waals surface area contributed by atoms with Crippen molar-refractivity contribution in [3.63, 3.8) is 0 Å². The average Bonchev–Trinajstić information content (AvgIpc) is 2.40. The number of rotatable bonds is 6. The Morgan fingerprint density at radius 2 is 1.77 bits per heavy atom. The smallest absolute Gasteiger partial charge is 0.389 e. The summed E-state index contributed by atoms with van der Waals surface area (Å²) in [4.78, 5) is 0. The van der Waals surface area contributed by atoms with E-state index in [1.807, 2.05) is 20.8 Å². The quantitative estimate of drug-likeness (QED) is 0.442. The zero-order valence-corrected chi connectivity index (χ0v) is 13.6. The summed E-state index contributed by atoms with van der Waals surface area (Å²) in [7, 11) is 0. The van der Waals surface area contributed by atoms with Crippen LogP contribution in [-0.4, -0.2) is 28.3 Å². The van der Waals surface area contributed by atoms with Gasteiger partial charge in [-0.05, 0) is 57.0 Å². The van der Waals surface area contributed by atoms with E-state index >= 15 is 0 Å². The fraction of sp³-hybridized carbons (Fsp3) is 0.533. The van der Waals surface area contributed by atoms with Gasteiger partial charge in [0.05, 0.1) is 12.8 Å². The molecule has 1 unspecified atom stereocenters. The number of nitrogens with zero attached hydrogens (tertiary/aromatic N) is 1.